The van der Waals surface area contributed by atoms with Crippen LogP contribution in [-0.4, -0.2) is 79.2 Å². The molecule has 1 N–H and O–H groups in total. The summed E-state index contributed by atoms with van der Waals surface area (Å²) < 4.78 is 30.9. The number of benzene rings is 2. The number of piperidine rings is 1. The van der Waals surface area contributed by atoms with Crippen LogP contribution in [0.2, 0.25) is 0 Å². The molecule has 1 saturated carbocycles. The first kappa shape index (κ1) is 29.8. The Balaban J connectivity index is 1.52. The summed E-state index contributed by atoms with van der Waals surface area (Å²) in [6, 6.07) is 13.8. The van der Waals surface area contributed by atoms with Crippen molar-refractivity contribution in [3.63, 3.8) is 0 Å². The highest BCUT2D eigenvalue weighted by Crippen LogP contribution is 2.46. The Bertz CT molecular complexity index is 1620. The van der Waals surface area contributed by atoms with Crippen LogP contribution in [0.5, 0.6) is 0 Å². The van der Waals surface area contributed by atoms with Crippen molar-refractivity contribution in [2.75, 3.05) is 40.3 Å². The summed E-state index contributed by atoms with van der Waals surface area (Å²) in [6.07, 6.45) is 9.23. The minimum absolute atomic E-state index is 0.0601. The molecule has 0 atom stereocenters. The first-order chi connectivity index (χ1) is 20.7. The van der Waals surface area contributed by atoms with Crippen molar-refractivity contribution in [3.05, 3.63) is 59.2 Å². The molecule has 9 nitrogen and oxygen atoms in total. The number of hydrogen-bond acceptors (Lipinski definition) is 5. The van der Waals surface area contributed by atoms with Gasteiger partial charge in [0.2, 0.25) is 5.91 Å². The first-order valence-electron chi connectivity index (χ1n) is 15.7. The van der Waals surface area contributed by atoms with E-state index in [0.29, 0.717) is 24.6 Å². The number of fused-ring (bicyclic) bond motifs is 5. The topological polar surface area (TPSA) is 95.0 Å². The number of rotatable bonds is 7. The summed E-state index contributed by atoms with van der Waals surface area (Å²) >= 11 is 0. The van der Waals surface area contributed by atoms with Gasteiger partial charge in [0.1, 0.15) is 6.54 Å². The number of carbonyl (C=O) groups excluding carboxylic acids is 2. The van der Waals surface area contributed by atoms with Crippen LogP contribution in [0.3, 0.4) is 0 Å². The van der Waals surface area contributed by atoms with Crippen LogP contribution < -0.4 is 4.72 Å². The van der Waals surface area contributed by atoms with Gasteiger partial charge in [0.05, 0.1) is 11.3 Å². The second-order valence-electron chi connectivity index (χ2n) is 12.5. The van der Waals surface area contributed by atoms with Crippen LogP contribution >= 0.6 is 0 Å². The zero-order valence-corrected chi connectivity index (χ0v) is 26.2. The Labute approximate surface area is 255 Å². The Morgan fingerprint density at radius 3 is 2.37 bits per heavy atom. The molecule has 230 valence electrons. The second-order valence-corrected chi connectivity index (χ2v) is 14.4. The van der Waals surface area contributed by atoms with Crippen molar-refractivity contribution < 1.29 is 18.0 Å². The molecule has 1 saturated heterocycles. The molecule has 1 aliphatic carbocycles. The molecule has 0 radical (unpaired) electrons. The highest BCUT2D eigenvalue weighted by molar-refractivity contribution is 7.87. The van der Waals surface area contributed by atoms with E-state index in [4.69, 9.17) is 0 Å². The Morgan fingerprint density at radius 1 is 0.907 bits per heavy atom. The quantitative estimate of drug-likeness (QED) is 0.421. The molecule has 3 aromatic rings. The van der Waals surface area contributed by atoms with Gasteiger partial charge in [-0.1, -0.05) is 56.0 Å². The van der Waals surface area contributed by atoms with Gasteiger partial charge in [0.25, 0.3) is 5.91 Å². The van der Waals surface area contributed by atoms with Crippen molar-refractivity contribution in [1.82, 2.24) is 23.4 Å². The van der Waals surface area contributed by atoms with E-state index < -0.39 is 16.1 Å². The van der Waals surface area contributed by atoms with Gasteiger partial charge < -0.3 is 14.4 Å². The zero-order valence-electron chi connectivity index (χ0n) is 25.3. The van der Waals surface area contributed by atoms with E-state index in [9.17, 15) is 18.0 Å². The first-order valence-corrected chi connectivity index (χ1v) is 17.2. The van der Waals surface area contributed by atoms with Crippen molar-refractivity contribution in [3.8, 4) is 11.3 Å². The van der Waals surface area contributed by atoms with Gasteiger partial charge in [-0.15, -0.1) is 0 Å². The van der Waals surface area contributed by atoms with Gasteiger partial charge in [-0.2, -0.15) is 12.7 Å². The lowest BCUT2D eigenvalue weighted by Crippen LogP contribution is -2.42. The average Bonchev–Trinajstić information content (AvgIpc) is 3.32. The maximum absolute atomic E-state index is 14.0. The summed E-state index contributed by atoms with van der Waals surface area (Å²) in [6.45, 7) is 4.08. The van der Waals surface area contributed by atoms with E-state index in [-0.39, 0.29) is 12.5 Å². The number of hydrogen-bond donors (Lipinski definition) is 1. The average molecular weight is 606 g/mol. The van der Waals surface area contributed by atoms with E-state index in [1.165, 1.54) is 45.3 Å². The molecule has 2 aliphatic heterocycles. The minimum Gasteiger partial charge on any atom is -0.336 e. The van der Waals surface area contributed by atoms with Gasteiger partial charge in [-0.3, -0.25) is 9.59 Å². The molecular weight excluding hydrogens is 562 g/mol. The third-order valence-corrected chi connectivity index (χ3v) is 10.9. The molecule has 3 heterocycles. The summed E-state index contributed by atoms with van der Waals surface area (Å²) in [4.78, 5) is 32.2. The SMILES string of the molecule is CN(C)S(=O)(=O)NC(=O)c1cccc2c1-c1c(C3CCCCC3)c3ccccc3n1CC(=O)N(CCN1CCCCC1)C2. The highest BCUT2D eigenvalue weighted by Gasteiger charge is 2.34. The number of aromatic nitrogens is 1. The lowest BCUT2D eigenvalue weighted by Gasteiger charge is -2.33. The third-order valence-electron chi connectivity index (χ3n) is 9.50. The largest absolute Gasteiger partial charge is 0.336 e. The summed E-state index contributed by atoms with van der Waals surface area (Å²) in [7, 11) is -1.21. The van der Waals surface area contributed by atoms with Gasteiger partial charge in [-0.05, 0) is 68.0 Å². The van der Waals surface area contributed by atoms with Crippen molar-refractivity contribution >= 4 is 32.9 Å². The molecule has 43 heavy (non-hydrogen) atoms. The Morgan fingerprint density at radius 2 is 1.63 bits per heavy atom. The van der Waals surface area contributed by atoms with Gasteiger partial charge in [0, 0.05) is 50.2 Å². The summed E-state index contributed by atoms with van der Waals surface area (Å²) in [5.41, 5.74) is 4.96. The van der Waals surface area contributed by atoms with Crippen LogP contribution in [0.15, 0.2) is 42.5 Å². The number of likely N-dealkylation sites (tertiary alicyclic amines) is 1. The lowest BCUT2D eigenvalue weighted by atomic mass is 9.80. The van der Waals surface area contributed by atoms with Crippen LogP contribution in [0.4, 0.5) is 0 Å². The molecule has 0 unspecified atom stereocenters. The second kappa shape index (κ2) is 12.4. The zero-order chi connectivity index (χ0) is 30.1. The molecule has 6 rings (SSSR count). The molecule has 2 aromatic carbocycles. The summed E-state index contributed by atoms with van der Waals surface area (Å²) in [5.74, 6) is -0.303. The molecule has 3 aliphatic rings. The molecule has 2 fully saturated rings. The Hall–Kier alpha value is -3.21. The molecule has 0 bridgehead atoms. The van der Waals surface area contributed by atoms with E-state index in [1.807, 2.05) is 23.1 Å². The van der Waals surface area contributed by atoms with E-state index >= 15 is 0 Å². The van der Waals surface area contributed by atoms with Gasteiger partial charge >= 0.3 is 10.2 Å². The van der Waals surface area contributed by atoms with Crippen molar-refractivity contribution in [2.45, 2.75) is 70.4 Å². The maximum atomic E-state index is 14.0. The van der Waals surface area contributed by atoms with E-state index in [2.05, 4.69) is 26.3 Å². The van der Waals surface area contributed by atoms with E-state index in [0.717, 1.165) is 77.3 Å². The van der Waals surface area contributed by atoms with Crippen molar-refractivity contribution in [1.29, 1.82) is 0 Å². The minimum atomic E-state index is -4.00. The monoisotopic (exact) mass is 605 g/mol. The number of nitrogens with zero attached hydrogens (tertiary/aromatic N) is 4. The van der Waals surface area contributed by atoms with Crippen LogP contribution in [0.25, 0.3) is 22.2 Å². The van der Waals surface area contributed by atoms with Gasteiger partial charge in [-0.25, -0.2) is 4.72 Å². The smallest absolute Gasteiger partial charge is 0.303 e. The predicted octanol–water partition coefficient (Wildman–Crippen LogP) is 4.72. The molecule has 0 spiro atoms. The van der Waals surface area contributed by atoms with E-state index in [1.54, 1.807) is 12.1 Å². The number of amides is 2. The van der Waals surface area contributed by atoms with Crippen LogP contribution in [0.1, 0.15) is 78.8 Å². The van der Waals surface area contributed by atoms with Gasteiger partial charge in [0.15, 0.2) is 0 Å². The Kier molecular flexibility index (Phi) is 8.62. The maximum Gasteiger partial charge on any atom is 0.303 e. The molecule has 2 amide bonds. The van der Waals surface area contributed by atoms with Crippen molar-refractivity contribution in [2.24, 2.45) is 0 Å². The van der Waals surface area contributed by atoms with Crippen LogP contribution in [-0.2, 0) is 28.1 Å². The fraction of sp³-hybridized carbons (Fsp3) is 0.515. The normalized spacial score (nSPS) is 18.8. The third kappa shape index (κ3) is 5.97. The fourth-order valence-corrected chi connectivity index (χ4v) is 7.74. The highest BCUT2D eigenvalue weighted by atomic mass is 32.2. The standard InChI is InChI=1S/C33H43N5O4S/c1-35(2)43(41,42)34-33(40)27-16-11-14-25-22-37(21-20-36-18-9-4-10-19-36)29(39)23-38-28-17-8-7-15-26(28)30(32(38)31(25)27)24-12-5-3-6-13-24/h7-8,11,14-17,24H,3-6,9-10,12-13,18-23H2,1-2H3,(H,34,40). The fourth-order valence-electron chi connectivity index (χ4n) is 7.21. The predicted molar refractivity (Wildman–Crippen MR) is 169 cm³/mol. The lowest BCUT2D eigenvalue weighted by molar-refractivity contribution is -0.132. The summed E-state index contributed by atoms with van der Waals surface area (Å²) in [5, 5.41) is 1.11. The molecular formula is C33H43N5O4S. The molecule has 1 aromatic heterocycles. The number of nitrogens with one attached hydrogen (secondary N) is 1. The number of carbonyl (C=O) groups is 2. The van der Waals surface area contributed by atoms with Crippen LogP contribution in [0, 0.1) is 0 Å². The molecule has 10 heteroatoms. The number of para-hydroxylation sites is 1.